The van der Waals surface area contributed by atoms with E-state index in [1.807, 2.05) is 6.07 Å². The van der Waals surface area contributed by atoms with Crippen molar-refractivity contribution < 1.29 is 19.3 Å². The lowest BCUT2D eigenvalue weighted by Gasteiger charge is -2.24. The third-order valence-electron chi connectivity index (χ3n) is 3.94. The second kappa shape index (κ2) is 5.27. The van der Waals surface area contributed by atoms with Crippen molar-refractivity contribution in [2.75, 3.05) is 27.9 Å². The van der Waals surface area contributed by atoms with E-state index in [4.69, 9.17) is 19.9 Å². The summed E-state index contributed by atoms with van der Waals surface area (Å²) in [5, 5.41) is 9.50. The number of nitrogens with two attached hydrogens (primary N) is 1. The molecule has 5 heteroatoms. The predicted octanol–water partition coefficient (Wildman–Crippen LogP) is 1.48. The van der Waals surface area contributed by atoms with E-state index in [0.717, 1.165) is 18.4 Å². The van der Waals surface area contributed by atoms with Crippen LogP contribution < -0.4 is 19.9 Å². The molecular weight excluding hydrogens is 246 g/mol. The highest BCUT2D eigenvalue weighted by molar-refractivity contribution is 5.52. The van der Waals surface area contributed by atoms with Gasteiger partial charge in [0.2, 0.25) is 0 Å². The number of aliphatic hydroxyl groups excluding tert-OH is 1. The lowest BCUT2D eigenvalue weighted by atomic mass is 9.90. The fraction of sp³-hybridized carbons (Fsp3) is 0.571. The monoisotopic (exact) mass is 267 g/mol. The van der Waals surface area contributed by atoms with Crippen LogP contribution in [0.4, 0.5) is 0 Å². The third-order valence-corrected chi connectivity index (χ3v) is 3.94. The summed E-state index contributed by atoms with van der Waals surface area (Å²) in [5.74, 6) is 1.87. The Labute approximate surface area is 113 Å². The van der Waals surface area contributed by atoms with E-state index >= 15 is 0 Å². The van der Waals surface area contributed by atoms with E-state index in [1.165, 1.54) is 0 Å². The van der Waals surface area contributed by atoms with Crippen LogP contribution >= 0.6 is 0 Å². The van der Waals surface area contributed by atoms with Crippen LogP contribution in [0.2, 0.25) is 0 Å². The maximum atomic E-state index is 9.50. The van der Waals surface area contributed by atoms with Gasteiger partial charge >= 0.3 is 0 Å². The Morgan fingerprint density at radius 2 is 1.63 bits per heavy atom. The average Bonchev–Trinajstić information content (AvgIpc) is 3.26. The molecule has 0 aliphatic heterocycles. The molecule has 19 heavy (non-hydrogen) atoms. The summed E-state index contributed by atoms with van der Waals surface area (Å²) >= 11 is 0. The zero-order valence-electron chi connectivity index (χ0n) is 11.6. The molecule has 0 bridgehead atoms. The van der Waals surface area contributed by atoms with Gasteiger partial charge in [-0.1, -0.05) is 0 Å². The zero-order chi connectivity index (χ0) is 14.0. The van der Waals surface area contributed by atoms with Crippen molar-refractivity contribution in [3.8, 4) is 17.2 Å². The molecule has 1 aromatic carbocycles. The first kappa shape index (κ1) is 14.0. The summed E-state index contributed by atoms with van der Waals surface area (Å²) in [6.07, 6.45) is 1.87. The van der Waals surface area contributed by atoms with E-state index in [2.05, 4.69) is 0 Å². The highest BCUT2D eigenvalue weighted by Gasteiger charge is 2.48. The van der Waals surface area contributed by atoms with E-state index < -0.39 is 0 Å². The van der Waals surface area contributed by atoms with Crippen LogP contribution in [0.15, 0.2) is 12.1 Å². The van der Waals surface area contributed by atoms with Gasteiger partial charge in [0.05, 0.1) is 27.9 Å². The van der Waals surface area contributed by atoms with Crippen LogP contribution in [-0.4, -0.2) is 33.0 Å². The van der Waals surface area contributed by atoms with Gasteiger partial charge in [0.1, 0.15) is 5.75 Å². The molecule has 1 aliphatic carbocycles. The first-order valence-electron chi connectivity index (χ1n) is 6.28. The minimum atomic E-state index is -0.271. The van der Waals surface area contributed by atoms with Crippen LogP contribution in [0, 0.1) is 5.41 Å². The predicted molar refractivity (Wildman–Crippen MR) is 71.8 cm³/mol. The second-order valence-electron chi connectivity index (χ2n) is 4.95. The fourth-order valence-corrected chi connectivity index (χ4v) is 2.35. The number of aliphatic hydroxyl groups is 1. The molecule has 0 radical (unpaired) electrons. The quantitative estimate of drug-likeness (QED) is 0.816. The van der Waals surface area contributed by atoms with Gasteiger partial charge in [-0.2, -0.15) is 0 Å². The van der Waals surface area contributed by atoms with Gasteiger partial charge in [-0.15, -0.1) is 0 Å². The molecule has 0 aromatic heterocycles. The van der Waals surface area contributed by atoms with E-state index in [1.54, 1.807) is 27.4 Å². The van der Waals surface area contributed by atoms with Crippen LogP contribution in [0.3, 0.4) is 0 Å². The van der Waals surface area contributed by atoms with Crippen molar-refractivity contribution in [1.82, 2.24) is 0 Å². The largest absolute Gasteiger partial charge is 0.496 e. The summed E-state index contributed by atoms with van der Waals surface area (Å²) in [6, 6.07) is 3.33. The standard InChI is InChI=1S/C14H21NO4/c1-17-10-7-12(19-3)11(18-2)6-9(10)13(15)14(8-16)4-5-14/h6-7,13,16H,4-5,8,15H2,1-3H3. The molecule has 5 nitrogen and oxygen atoms in total. The highest BCUT2D eigenvalue weighted by Crippen LogP contribution is 2.55. The van der Waals surface area contributed by atoms with Crippen LogP contribution in [-0.2, 0) is 0 Å². The van der Waals surface area contributed by atoms with Crippen molar-refractivity contribution in [3.05, 3.63) is 17.7 Å². The molecule has 1 unspecified atom stereocenters. The molecule has 0 saturated heterocycles. The van der Waals surface area contributed by atoms with Gasteiger partial charge in [-0.05, 0) is 18.9 Å². The molecule has 3 N–H and O–H groups in total. The number of benzene rings is 1. The zero-order valence-corrected chi connectivity index (χ0v) is 11.6. The van der Waals surface area contributed by atoms with Crippen molar-refractivity contribution in [2.24, 2.45) is 11.1 Å². The number of hydrogen-bond donors (Lipinski definition) is 2. The fourth-order valence-electron chi connectivity index (χ4n) is 2.35. The Hall–Kier alpha value is -1.46. The van der Waals surface area contributed by atoms with E-state index in [0.29, 0.717) is 17.2 Å². The van der Waals surface area contributed by atoms with E-state index in [9.17, 15) is 5.11 Å². The van der Waals surface area contributed by atoms with Crippen LogP contribution in [0.5, 0.6) is 17.2 Å². The molecule has 1 aromatic rings. The molecule has 2 rings (SSSR count). The van der Waals surface area contributed by atoms with Crippen LogP contribution in [0.1, 0.15) is 24.4 Å². The van der Waals surface area contributed by atoms with Crippen molar-refractivity contribution in [3.63, 3.8) is 0 Å². The first-order valence-corrected chi connectivity index (χ1v) is 6.28. The Kier molecular flexibility index (Phi) is 3.87. The summed E-state index contributed by atoms with van der Waals surface area (Å²) in [5.41, 5.74) is 6.93. The Bertz CT molecular complexity index is 457. The SMILES string of the molecule is COc1cc(OC)c(C(N)C2(CO)CC2)cc1OC. The van der Waals surface area contributed by atoms with E-state index in [-0.39, 0.29) is 18.1 Å². The van der Waals surface area contributed by atoms with Crippen molar-refractivity contribution in [2.45, 2.75) is 18.9 Å². The molecule has 1 aliphatic rings. The molecule has 1 fully saturated rings. The van der Waals surface area contributed by atoms with Gasteiger partial charge < -0.3 is 25.1 Å². The maximum absolute atomic E-state index is 9.50. The van der Waals surface area contributed by atoms with Crippen molar-refractivity contribution in [1.29, 1.82) is 0 Å². The topological polar surface area (TPSA) is 73.9 Å². The molecule has 1 atom stereocenters. The van der Waals surface area contributed by atoms with Gasteiger partial charge in [0.25, 0.3) is 0 Å². The van der Waals surface area contributed by atoms with Crippen molar-refractivity contribution >= 4 is 0 Å². The van der Waals surface area contributed by atoms with Gasteiger partial charge in [-0.25, -0.2) is 0 Å². The summed E-state index contributed by atoms with van der Waals surface area (Å²) in [7, 11) is 4.75. The normalized spacial score (nSPS) is 17.7. The molecule has 1 saturated carbocycles. The third kappa shape index (κ3) is 2.35. The van der Waals surface area contributed by atoms with Gasteiger partial charge in [-0.3, -0.25) is 0 Å². The molecule has 0 heterocycles. The van der Waals surface area contributed by atoms with Crippen LogP contribution in [0.25, 0.3) is 0 Å². The Morgan fingerprint density at radius 1 is 1.11 bits per heavy atom. The second-order valence-corrected chi connectivity index (χ2v) is 4.95. The number of methoxy groups -OCH3 is 3. The van der Waals surface area contributed by atoms with Gasteiger partial charge in [0, 0.05) is 23.1 Å². The molecule has 0 amide bonds. The molecular formula is C14H21NO4. The van der Waals surface area contributed by atoms with Gasteiger partial charge in [0.15, 0.2) is 11.5 Å². The summed E-state index contributed by atoms with van der Waals surface area (Å²) in [6.45, 7) is 0.0890. The number of ether oxygens (including phenoxy) is 3. The smallest absolute Gasteiger partial charge is 0.164 e. The minimum Gasteiger partial charge on any atom is -0.496 e. The first-order chi connectivity index (χ1) is 9.11. The highest BCUT2D eigenvalue weighted by atomic mass is 16.5. The maximum Gasteiger partial charge on any atom is 0.164 e. The number of rotatable bonds is 6. The molecule has 106 valence electrons. The average molecular weight is 267 g/mol. The Balaban J connectivity index is 2.43. The summed E-state index contributed by atoms with van der Waals surface area (Å²) in [4.78, 5) is 0. The molecule has 0 spiro atoms. The lowest BCUT2D eigenvalue weighted by molar-refractivity contribution is 0.186. The number of hydrogen-bond acceptors (Lipinski definition) is 5. The minimum absolute atomic E-state index is 0.0890. The lowest BCUT2D eigenvalue weighted by Crippen LogP contribution is -2.26. The summed E-state index contributed by atoms with van der Waals surface area (Å²) < 4.78 is 15.9. The Morgan fingerprint density at radius 3 is 2.05 bits per heavy atom.